The van der Waals surface area contributed by atoms with Crippen molar-refractivity contribution in [2.45, 2.75) is 33.1 Å². The number of hydrogen-bond acceptors (Lipinski definition) is 2. The van der Waals surface area contributed by atoms with Gasteiger partial charge in [-0.2, -0.15) is 0 Å². The van der Waals surface area contributed by atoms with Crippen LogP contribution in [0.25, 0.3) is 0 Å². The van der Waals surface area contributed by atoms with E-state index in [0.29, 0.717) is 5.92 Å². The largest absolute Gasteiger partial charge is 0.238 e. The lowest BCUT2D eigenvalue weighted by atomic mass is 10.1. The van der Waals surface area contributed by atoms with Crippen LogP contribution in [0.3, 0.4) is 0 Å². The third-order valence-corrected chi connectivity index (χ3v) is 2.87. The molecule has 1 aliphatic carbocycles. The molecular weight excluding hydrogens is 172 g/mol. The molecule has 1 atom stereocenters. The first kappa shape index (κ1) is 9.38. The number of hydrogen-bond donors (Lipinski definition) is 0. The maximum Gasteiger partial charge on any atom is 0.154 e. The highest BCUT2D eigenvalue weighted by Gasteiger charge is 2.17. The van der Waals surface area contributed by atoms with Crippen LogP contribution in [-0.2, 0) is 0 Å². The van der Waals surface area contributed by atoms with Gasteiger partial charge in [0.2, 0.25) is 0 Å². The van der Waals surface area contributed by atoms with Gasteiger partial charge < -0.3 is 0 Å². The molecule has 0 bridgehead atoms. The van der Waals surface area contributed by atoms with Gasteiger partial charge in [0.25, 0.3) is 0 Å². The Morgan fingerprint density at radius 3 is 3.00 bits per heavy atom. The average molecular weight is 188 g/mol. The highest BCUT2D eigenvalue weighted by Crippen LogP contribution is 2.25. The van der Waals surface area contributed by atoms with Crippen molar-refractivity contribution in [1.82, 2.24) is 4.98 Å². The first-order valence-electron chi connectivity index (χ1n) is 5.26. The van der Waals surface area contributed by atoms with E-state index in [0.717, 1.165) is 12.2 Å². The Kier molecular flexibility index (Phi) is 2.62. The van der Waals surface area contributed by atoms with Gasteiger partial charge in [-0.15, -0.1) is 0 Å². The van der Waals surface area contributed by atoms with Gasteiger partial charge in [0, 0.05) is 11.9 Å². The predicted octanol–water partition coefficient (Wildman–Crippen LogP) is 3.28. The molecule has 1 aromatic rings. The summed E-state index contributed by atoms with van der Waals surface area (Å²) >= 11 is 0. The first-order chi connectivity index (χ1) is 6.77. The molecule has 0 saturated heterocycles. The van der Waals surface area contributed by atoms with Crippen LogP contribution in [-0.4, -0.2) is 10.7 Å². The third kappa shape index (κ3) is 1.84. The smallest absolute Gasteiger partial charge is 0.154 e. The summed E-state index contributed by atoms with van der Waals surface area (Å²) in [6.45, 7) is 4.32. The lowest BCUT2D eigenvalue weighted by molar-refractivity contribution is 0.728. The minimum atomic E-state index is 0.649. The van der Waals surface area contributed by atoms with E-state index in [1.807, 2.05) is 12.3 Å². The molecule has 1 saturated carbocycles. The lowest BCUT2D eigenvalue weighted by Gasteiger charge is -2.04. The third-order valence-electron chi connectivity index (χ3n) is 2.87. The maximum absolute atomic E-state index is 4.64. The fourth-order valence-electron chi connectivity index (χ4n) is 1.90. The van der Waals surface area contributed by atoms with Crippen LogP contribution >= 0.6 is 0 Å². The highest BCUT2D eigenvalue weighted by molar-refractivity contribution is 5.90. The van der Waals surface area contributed by atoms with Crippen LogP contribution in [0.5, 0.6) is 0 Å². The number of aryl methyl sites for hydroxylation is 1. The zero-order chi connectivity index (χ0) is 9.97. The molecule has 14 heavy (non-hydrogen) atoms. The molecule has 1 fully saturated rings. The predicted molar refractivity (Wildman–Crippen MR) is 59.1 cm³/mol. The number of aliphatic imine (C=N–C) groups is 1. The Bertz CT molecular complexity index is 355. The molecule has 1 heterocycles. The molecule has 0 spiro atoms. The van der Waals surface area contributed by atoms with Crippen LogP contribution in [0.1, 0.15) is 31.7 Å². The van der Waals surface area contributed by atoms with Crippen LogP contribution in [0.15, 0.2) is 23.3 Å². The molecule has 2 nitrogen and oxygen atoms in total. The summed E-state index contributed by atoms with van der Waals surface area (Å²) in [6.07, 6.45) is 5.53. The monoisotopic (exact) mass is 188 g/mol. The van der Waals surface area contributed by atoms with E-state index in [2.05, 4.69) is 29.9 Å². The van der Waals surface area contributed by atoms with E-state index in [9.17, 15) is 0 Å². The van der Waals surface area contributed by atoms with Crippen molar-refractivity contribution < 1.29 is 0 Å². The van der Waals surface area contributed by atoms with Crippen molar-refractivity contribution in [3.8, 4) is 0 Å². The second kappa shape index (κ2) is 3.91. The van der Waals surface area contributed by atoms with Crippen molar-refractivity contribution in [3.63, 3.8) is 0 Å². The minimum Gasteiger partial charge on any atom is -0.238 e. The second-order valence-corrected chi connectivity index (χ2v) is 4.04. The van der Waals surface area contributed by atoms with Crippen LogP contribution in [0.2, 0.25) is 0 Å². The Balaban J connectivity index is 2.29. The molecule has 0 radical (unpaired) electrons. The van der Waals surface area contributed by atoms with Crippen LogP contribution < -0.4 is 0 Å². The van der Waals surface area contributed by atoms with Crippen LogP contribution in [0.4, 0.5) is 5.82 Å². The average Bonchev–Trinajstić information content (AvgIpc) is 2.56. The molecule has 0 N–H and O–H groups in total. The number of pyridine rings is 1. The fraction of sp³-hybridized carbons (Fsp3) is 0.500. The molecule has 74 valence electrons. The van der Waals surface area contributed by atoms with Crippen molar-refractivity contribution in [1.29, 1.82) is 0 Å². The summed E-state index contributed by atoms with van der Waals surface area (Å²) < 4.78 is 0. The Morgan fingerprint density at radius 1 is 1.50 bits per heavy atom. The van der Waals surface area contributed by atoms with Gasteiger partial charge in [0.15, 0.2) is 5.82 Å². The Hall–Kier alpha value is -1.18. The molecule has 1 unspecified atom stereocenters. The van der Waals surface area contributed by atoms with Gasteiger partial charge >= 0.3 is 0 Å². The Labute approximate surface area is 85.1 Å². The Morgan fingerprint density at radius 2 is 2.36 bits per heavy atom. The number of nitrogens with zero attached hydrogens (tertiary/aromatic N) is 2. The van der Waals surface area contributed by atoms with Gasteiger partial charge in [0.05, 0.1) is 0 Å². The van der Waals surface area contributed by atoms with E-state index in [4.69, 9.17) is 0 Å². The molecule has 2 rings (SSSR count). The second-order valence-electron chi connectivity index (χ2n) is 4.04. The molecule has 0 amide bonds. The van der Waals surface area contributed by atoms with Gasteiger partial charge in [-0.3, -0.25) is 0 Å². The van der Waals surface area contributed by atoms with Gasteiger partial charge in [0.1, 0.15) is 0 Å². The minimum absolute atomic E-state index is 0.649. The number of rotatable bonds is 1. The molecule has 1 aliphatic rings. The van der Waals surface area contributed by atoms with Crippen molar-refractivity contribution >= 4 is 11.5 Å². The summed E-state index contributed by atoms with van der Waals surface area (Å²) in [5.41, 5.74) is 2.49. The summed E-state index contributed by atoms with van der Waals surface area (Å²) in [6, 6.07) is 4.02. The summed E-state index contributed by atoms with van der Waals surface area (Å²) in [5, 5.41) is 0. The van der Waals surface area contributed by atoms with E-state index in [1.54, 1.807) is 0 Å². The number of aromatic nitrogens is 1. The van der Waals surface area contributed by atoms with Gasteiger partial charge in [-0.25, -0.2) is 9.98 Å². The standard InChI is InChI=1S/C12H16N2/c1-9-5-3-7-11(9)14-12-10(2)6-4-8-13-12/h4,6,8-9H,3,5,7H2,1-2H3/b14-11+. The van der Waals surface area contributed by atoms with E-state index < -0.39 is 0 Å². The van der Waals surface area contributed by atoms with Crippen LogP contribution in [0, 0.1) is 12.8 Å². The SMILES string of the molecule is Cc1cccnc1/N=C1\CCCC1C. The molecule has 1 aromatic heterocycles. The van der Waals surface area contributed by atoms with Crippen molar-refractivity contribution in [2.24, 2.45) is 10.9 Å². The molecule has 0 aromatic carbocycles. The van der Waals surface area contributed by atoms with Gasteiger partial charge in [-0.1, -0.05) is 13.0 Å². The van der Waals surface area contributed by atoms with E-state index in [-0.39, 0.29) is 0 Å². The maximum atomic E-state index is 4.64. The summed E-state index contributed by atoms with van der Waals surface area (Å²) in [4.78, 5) is 8.93. The van der Waals surface area contributed by atoms with Crippen molar-refractivity contribution in [2.75, 3.05) is 0 Å². The molecular formula is C12H16N2. The van der Waals surface area contributed by atoms with E-state index in [1.165, 1.54) is 24.1 Å². The quantitative estimate of drug-likeness (QED) is 0.664. The highest BCUT2D eigenvalue weighted by atomic mass is 14.9. The zero-order valence-electron chi connectivity index (χ0n) is 8.83. The zero-order valence-corrected chi connectivity index (χ0v) is 8.83. The lowest BCUT2D eigenvalue weighted by Crippen LogP contribution is -2.01. The molecule has 0 aliphatic heterocycles. The normalized spacial score (nSPS) is 24.4. The first-order valence-corrected chi connectivity index (χ1v) is 5.26. The summed E-state index contributed by atoms with van der Waals surface area (Å²) in [7, 11) is 0. The fourth-order valence-corrected chi connectivity index (χ4v) is 1.90. The summed E-state index contributed by atoms with van der Waals surface area (Å²) in [5.74, 6) is 1.55. The van der Waals surface area contributed by atoms with E-state index >= 15 is 0 Å². The topological polar surface area (TPSA) is 25.2 Å². The molecule has 2 heteroatoms. The van der Waals surface area contributed by atoms with Crippen molar-refractivity contribution in [3.05, 3.63) is 23.9 Å². The van der Waals surface area contributed by atoms with Gasteiger partial charge in [-0.05, 0) is 43.7 Å².